The van der Waals surface area contributed by atoms with Gasteiger partial charge < -0.3 is 30.3 Å². The normalized spacial score (nSPS) is 58.2. The van der Waals surface area contributed by atoms with Crippen molar-refractivity contribution < 1.29 is 58.3 Å². The molecule has 0 aliphatic carbocycles. The fraction of sp³-hybridized carbons (Fsp3) is 1.00. The Hall–Kier alpha value is -0.930. The first-order valence-corrected chi connectivity index (χ1v) is 6.65. The first-order chi connectivity index (χ1) is 9.45. The number of phosphoric acid groups is 1. The number of ether oxygens (including phenoxy) is 1. The summed E-state index contributed by atoms with van der Waals surface area (Å²) in [5.74, 6) is -14.1. The molecule has 3 saturated heterocycles. The number of phosphoric ester groups is 1. The Morgan fingerprint density at radius 1 is 1.19 bits per heavy atom. The minimum absolute atomic E-state index is 1.26. The second kappa shape index (κ2) is 3.69. The molecule has 3 aliphatic rings. The first kappa shape index (κ1) is 15.0. The van der Waals surface area contributed by atoms with Crippen LogP contribution in [-0.4, -0.2) is 66.7 Å². The van der Waals surface area contributed by atoms with E-state index in [4.69, 9.17) is 5.11 Å². The van der Waals surface area contributed by atoms with E-state index in [-0.39, 0.29) is 0 Å². The van der Waals surface area contributed by atoms with Crippen LogP contribution in [0.4, 0.5) is 0 Å². The third-order valence-electron chi connectivity index (χ3n) is 3.21. The van der Waals surface area contributed by atoms with Gasteiger partial charge in [-0.3, -0.25) is 4.84 Å². The van der Waals surface area contributed by atoms with Crippen molar-refractivity contribution in [1.82, 2.24) is 0 Å². The Bertz CT molecular complexity index is 569. The summed E-state index contributed by atoms with van der Waals surface area (Å²) in [4.78, 5) is 14.3. The van der Waals surface area contributed by atoms with E-state index in [0.29, 0.717) is 0 Å². The molecule has 3 fully saturated rings. The number of hydrogen-bond acceptors (Lipinski definition) is 13. The van der Waals surface area contributed by atoms with E-state index in [1.54, 1.807) is 0 Å². The Morgan fingerprint density at radius 3 is 2.24 bits per heavy atom. The zero-order valence-electron chi connectivity index (χ0n) is 9.68. The number of fused-ring (bicyclic) bond motifs is 1. The lowest BCUT2D eigenvalue weighted by atomic mass is 9.87. The summed E-state index contributed by atoms with van der Waals surface area (Å²) in [5, 5.41) is 58.2. The maximum absolute atomic E-state index is 11.8. The van der Waals surface area contributed by atoms with Crippen LogP contribution in [0.25, 0.3) is 0 Å². The van der Waals surface area contributed by atoms with Gasteiger partial charge in [-0.25, -0.2) is 18.1 Å². The van der Waals surface area contributed by atoms with Gasteiger partial charge in [0.1, 0.15) is 6.10 Å². The second-order valence-electron chi connectivity index (χ2n) is 4.39. The van der Waals surface area contributed by atoms with Gasteiger partial charge in [-0.2, -0.15) is 0 Å². The van der Waals surface area contributed by atoms with Gasteiger partial charge in [-0.05, 0) is 0 Å². The van der Waals surface area contributed by atoms with Crippen molar-refractivity contribution in [2.45, 2.75) is 29.4 Å². The number of rotatable bonds is 3. The van der Waals surface area contributed by atoms with Crippen LogP contribution >= 0.6 is 7.82 Å². The molecule has 0 radical (unpaired) electrons. The molecule has 3 aliphatic heterocycles. The van der Waals surface area contributed by atoms with Crippen molar-refractivity contribution in [3.8, 4) is 0 Å². The van der Waals surface area contributed by atoms with Gasteiger partial charge in [0, 0.05) is 0 Å². The summed E-state index contributed by atoms with van der Waals surface area (Å²) < 4.78 is 29.2. The average Bonchev–Trinajstić information content (AvgIpc) is 2.65. The Labute approximate surface area is 113 Å². The molecule has 0 amide bonds. The zero-order valence-corrected chi connectivity index (χ0v) is 10.6. The molecule has 14 nitrogen and oxygen atoms in total. The minimum Gasteiger partial charge on any atom is -0.393 e. The van der Waals surface area contributed by atoms with E-state index in [2.05, 4.69) is 23.1 Å². The quantitative estimate of drug-likeness (QED) is 0.147. The monoisotopic (exact) mass is 333 g/mol. The highest BCUT2D eigenvalue weighted by molar-refractivity contribution is 7.49. The first-order valence-electron chi connectivity index (χ1n) is 5.19. The Balaban J connectivity index is 2.19. The van der Waals surface area contributed by atoms with Crippen LogP contribution in [0.3, 0.4) is 0 Å². The lowest BCUT2D eigenvalue weighted by Crippen LogP contribution is -2.84. The Kier molecular flexibility index (Phi) is 2.63. The van der Waals surface area contributed by atoms with Crippen LogP contribution in [-0.2, 0) is 27.7 Å². The van der Waals surface area contributed by atoms with E-state index < -0.39 is 49.0 Å². The molecule has 0 aromatic heterocycles. The van der Waals surface area contributed by atoms with E-state index in [1.807, 2.05) is 0 Å². The van der Waals surface area contributed by atoms with E-state index >= 15 is 0 Å². The predicted octanol–water partition coefficient (Wildman–Crippen LogP) is -3.52. The van der Waals surface area contributed by atoms with Gasteiger partial charge in [0.15, 0.2) is 0 Å². The molecule has 0 spiro atoms. The van der Waals surface area contributed by atoms with Gasteiger partial charge >= 0.3 is 25.4 Å². The summed E-state index contributed by atoms with van der Waals surface area (Å²) in [7, 11) is -4.83. The molecule has 6 atom stereocenters. The van der Waals surface area contributed by atoms with E-state index in [1.165, 1.54) is 0 Å². The number of hydrogen-bond donors (Lipinski definition) is 5. The molecule has 0 saturated carbocycles. The van der Waals surface area contributed by atoms with Crippen LogP contribution in [0.1, 0.15) is 0 Å². The van der Waals surface area contributed by atoms with Crippen LogP contribution < -0.4 is 0 Å². The SMILES string of the molecule is O=[N+]([O-])O[C@@]1(O)[C@@H](CO)O[C@]2(O)OP3(=O)O[C@]2(O)[C@@]1(O)O3. The molecule has 21 heavy (non-hydrogen) atoms. The fourth-order valence-corrected chi connectivity index (χ4v) is 4.01. The molecule has 0 aromatic carbocycles. The molecular formula is C6H8NO13P. The molecule has 15 heteroatoms. The number of aliphatic hydroxyl groups is 5. The van der Waals surface area contributed by atoms with Crippen LogP contribution in [0.15, 0.2) is 0 Å². The van der Waals surface area contributed by atoms with Gasteiger partial charge in [0.05, 0.1) is 6.61 Å². The van der Waals surface area contributed by atoms with Gasteiger partial charge in [-0.1, -0.05) is 0 Å². The highest BCUT2D eigenvalue weighted by atomic mass is 31.2. The summed E-state index contributed by atoms with van der Waals surface area (Å²) >= 11 is 0. The van der Waals surface area contributed by atoms with Crippen molar-refractivity contribution >= 4 is 7.82 Å². The Morgan fingerprint density at radius 2 is 1.76 bits per heavy atom. The maximum Gasteiger partial charge on any atom is 0.485 e. The highest BCUT2D eigenvalue weighted by Crippen LogP contribution is 2.77. The third-order valence-corrected chi connectivity index (χ3v) is 4.66. The van der Waals surface area contributed by atoms with Crippen molar-refractivity contribution in [2.75, 3.05) is 6.61 Å². The molecule has 3 rings (SSSR count). The van der Waals surface area contributed by atoms with E-state index in [9.17, 15) is 35.1 Å². The molecular weight excluding hydrogens is 325 g/mol. The van der Waals surface area contributed by atoms with Crippen LogP contribution in [0.5, 0.6) is 0 Å². The lowest BCUT2D eigenvalue weighted by molar-refractivity contribution is -0.818. The van der Waals surface area contributed by atoms with Gasteiger partial charge in [0.25, 0.3) is 10.9 Å². The molecule has 5 N–H and O–H groups in total. The smallest absolute Gasteiger partial charge is 0.393 e. The molecule has 2 bridgehead atoms. The van der Waals surface area contributed by atoms with Crippen molar-refractivity contribution in [2.24, 2.45) is 0 Å². The van der Waals surface area contributed by atoms with Gasteiger partial charge in [-0.15, -0.1) is 10.1 Å². The lowest BCUT2D eigenvalue weighted by Gasteiger charge is -2.54. The highest BCUT2D eigenvalue weighted by Gasteiger charge is 2.94. The maximum atomic E-state index is 11.8. The molecule has 3 heterocycles. The third kappa shape index (κ3) is 1.44. The van der Waals surface area contributed by atoms with Crippen molar-refractivity contribution in [1.29, 1.82) is 0 Å². The fourth-order valence-electron chi connectivity index (χ4n) is 2.28. The van der Waals surface area contributed by atoms with Crippen LogP contribution in [0, 0.1) is 10.1 Å². The minimum atomic E-state index is -4.83. The van der Waals surface area contributed by atoms with Crippen molar-refractivity contribution in [3.05, 3.63) is 10.1 Å². The molecule has 120 valence electrons. The largest absolute Gasteiger partial charge is 0.485 e. The summed E-state index contributed by atoms with van der Waals surface area (Å²) in [6, 6.07) is 0. The van der Waals surface area contributed by atoms with Crippen molar-refractivity contribution in [3.63, 3.8) is 0 Å². The standard InChI is InChI=1S/C6H8NO13P/c8-1-2-3(9,17-7(13)14)4(10)5(11)6(12,16-2)20-21(15,18-4)19-5/h2,8-12H,1H2/t2-,3+,4+,5-,6+,21?/m1/s1. The molecule has 0 aromatic rings. The molecule has 1 unspecified atom stereocenters. The van der Waals surface area contributed by atoms with Gasteiger partial charge in [0.2, 0.25) is 0 Å². The summed E-state index contributed by atoms with van der Waals surface area (Å²) in [5.41, 5.74) is 0. The topological polar surface area (TPSA) is 208 Å². The summed E-state index contributed by atoms with van der Waals surface area (Å²) in [6.07, 6.45) is -2.24. The average molecular weight is 333 g/mol. The number of aliphatic hydroxyl groups excluding tert-OH is 1. The predicted molar refractivity (Wildman–Crippen MR) is 50.7 cm³/mol. The second-order valence-corrected chi connectivity index (χ2v) is 5.83. The van der Waals surface area contributed by atoms with Crippen LogP contribution in [0.2, 0.25) is 0 Å². The summed E-state index contributed by atoms with van der Waals surface area (Å²) in [6.45, 7) is -1.26. The number of nitrogens with zero attached hydrogens (tertiary/aromatic N) is 1. The van der Waals surface area contributed by atoms with E-state index in [0.717, 1.165) is 0 Å². The zero-order chi connectivity index (χ0) is 15.9.